The maximum Gasteiger partial charge on any atom is 0.162 e. The van der Waals surface area contributed by atoms with E-state index in [2.05, 4.69) is 6.72 Å². The van der Waals surface area contributed by atoms with Crippen LogP contribution in [0.3, 0.4) is 0 Å². The van der Waals surface area contributed by atoms with Crippen LogP contribution in [-0.4, -0.2) is 17.5 Å². The molecule has 1 rings (SSSR count). The molecule has 0 bridgehead atoms. The first-order valence-electron chi connectivity index (χ1n) is 3.57. The summed E-state index contributed by atoms with van der Waals surface area (Å²) < 4.78 is 0.860. The van der Waals surface area contributed by atoms with Gasteiger partial charge in [0.25, 0.3) is 0 Å². The standard InChI is InChI=1S/C7H13NO/c1-8(9)7-5-3-2-4-6-7/h7H,1-6H2. The third kappa shape index (κ3) is 1.70. The lowest BCUT2D eigenvalue weighted by Crippen LogP contribution is -2.22. The average molecular weight is 127 g/mol. The molecule has 2 nitrogen and oxygen atoms in total. The zero-order valence-electron chi connectivity index (χ0n) is 5.68. The van der Waals surface area contributed by atoms with Crippen LogP contribution in [0.5, 0.6) is 0 Å². The normalized spacial score (nSPS) is 21.8. The molecule has 0 heterocycles. The van der Waals surface area contributed by atoms with E-state index in [-0.39, 0.29) is 6.04 Å². The SMILES string of the molecule is C=[N+]([O-])C1CCCCC1. The topological polar surface area (TPSA) is 26.1 Å². The molecule has 0 radical (unpaired) electrons. The van der Waals surface area contributed by atoms with Gasteiger partial charge < -0.3 is 5.21 Å². The van der Waals surface area contributed by atoms with E-state index in [1.165, 1.54) is 19.3 Å². The zero-order valence-corrected chi connectivity index (χ0v) is 5.68. The minimum Gasteiger partial charge on any atom is -0.624 e. The molecule has 1 aliphatic carbocycles. The smallest absolute Gasteiger partial charge is 0.162 e. The number of hydrogen-bond donors (Lipinski definition) is 0. The predicted molar refractivity (Wildman–Crippen MR) is 37.6 cm³/mol. The molecule has 0 amide bonds. The van der Waals surface area contributed by atoms with Crippen molar-refractivity contribution in [2.45, 2.75) is 38.1 Å². The third-order valence-electron chi connectivity index (χ3n) is 1.98. The largest absolute Gasteiger partial charge is 0.624 e. The molecule has 0 saturated heterocycles. The number of hydrogen-bond acceptors (Lipinski definition) is 1. The van der Waals surface area contributed by atoms with Gasteiger partial charge in [0, 0.05) is 12.8 Å². The zero-order chi connectivity index (χ0) is 6.69. The van der Waals surface area contributed by atoms with Crippen molar-refractivity contribution in [3.63, 3.8) is 0 Å². The highest BCUT2D eigenvalue weighted by Gasteiger charge is 2.17. The van der Waals surface area contributed by atoms with E-state index in [4.69, 9.17) is 0 Å². The van der Waals surface area contributed by atoms with Gasteiger partial charge in [0.2, 0.25) is 0 Å². The summed E-state index contributed by atoms with van der Waals surface area (Å²) in [5, 5.41) is 10.6. The minimum absolute atomic E-state index is 0.221. The lowest BCUT2D eigenvalue weighted by atomic mass is 9.96. The van der Waals surface area contributed by atoms with E-state index in [9.17, 15) is 5.21 Å². The quantitative estimate of drug-likeness (QED) is 0.227. The molecule has 0 N–H and O–H groups in total. The van der Waals surface area contributed by atoms with Gasteiger partial charge in [-0.1, -0.05) is 6.42 Å². The van der Waals surface area contributed by atoms with Gasteiger partial charge >= 0.3 is 0 Å². The second kappa shape index (κ2) is 2.85. The van der Waals surface area contributed by atoms with Gasteiger partial charge in [-0.25, -0.2) is 4.74 Å². The predicted octanol–water partition coefficient (Wildman–Crippen LogP) is 1.53. The van der Waals surface area contributed by atoms with Crippen LogP contribution < -0.4 is 0 Å². The van der Waals surface area contributed by atoms with E-state index in [1.54, 1.807) is 0 Å². The Morgan fingerprint density at radius 2 is 1.78 bits per heavy atom. The third-order valence-corrected chi connectivity index (χ3v) is 1.98. The van der Waals surface area contributed by atoms with Crippen LogP contribution in [0.1, 0.15) is 32.1 Å². The number of nitrogens with zero attached hydrogens (tertiary/aromatic N) is 1. The first kappa shape index (κ1) is 6.59. The van der Waals surface area contributed by atoms with E-state index in [0.717, 1.165) is 17.6 Å². The first-order valence-corrected chi connectivity index (χ1v) is 3.57. The second-order valence-corrected chi connectivity index (χ2v) is 2.71. The monoisotopic (exact) mass is 127 g/mol. The maximum absolute atomic E-state index is 10.6. The molecule has 0 aliphatic heterocycles. The van der Waals surface area contributed by atoms with Crippen molar-refractivity contribution in [3.8, 4) is 0 Å². The second-order valence-electron chi connectivity index (χ2n) is 2.71. The molecular weight excluding hydrogens is 114 g/mol. The summed E-state index contributed by atoms with van der Waals surface area (Å²) in [6.07, 6.45) is 5.81. The molecule has 1 fully saturated rings. The van der Waals surface area contributed by atoms with Crippen molar-refractivity contribution in [2.75, 3.05) is 0 Å². The molecule has 1 saturated carbocycles. The Morgan fingerprint density at radius 1 is 1.22 bits per heavy atom. The Morgan fingerprint density at radius 3 is 2.11 bits per heavy atom. The molecule has 0 aromatic rings. The van der Waals surface area contributed by atoms with E-state index in [1.807, 2.05) is 0 Å². The van der Waals surface area contributed by atoms with Crippen LogP contribution in [0.25, 0.3) is 0 Å². The summed E-state index contributed by atoms with van der Waals surface area (Å²) in [5.41, 5.74) is 0. The fraction of sp³-hybridized carbons (Fsp3) is 0.857. The van der Waals surface area contributed by atoms with Gasteiger partial charge in [-0.15, -0.1) is 0 Å². The molecular formula is C7H13NO. The first-order chi connectivity index (χ1) is 4.30. The molecule has 9 heavy (non-hydrogen) atoms. The highest BCUT2D eigenvalue weighted by molar-refractivity contribution is 5.15. The summed E-state index contributed by atoms with van der Waals surface area (Å²) in [7, 11) is 0. The summed E-state index contributed by atoms with van der Waals surface area (Å²) in [6, 6.07) is 0.221. The van der Waals surface area contributed by atoms with Gasteiger partial charge in [-0.3, -0.25) is 0 Å². The Kier molecular flexibility index (Phi) is 2.09. The van der Waals surface area contributed by atoms with Gasteiger partial charge in [0.15, 0.2) is 6.04 Å². The molecule has 0 atom stereocenters. The fourth-order valence-electron chi connectivity index (χ4n) is 1.37. The summed E-state index contributed by atoms with van der Waals surface area (Å²) in [5.74, 6) is 0. The van der Waals surface area contributed by atoms with Crippen LogP contribution >= 0.6 is 0 Å². The van der Waals surface area contributed by atoms with Crippen LogP contribution in [-0.2, 0) is 0 Å². The van der Waals surface area contributed by atoms with Crippen LogP contribution in [0, 0.1) is 5.21 Å². The molecule has 0 spiro atoms. The lowest BCUT2D eigenvalue weighted by Gasteiger charge is -2.19. The lowest BCUT2D eigenvalue weighted by molar-refractivity contribution is -0.497. The van der Waals surface area contributed by atoms with Crippen molar-refractivity contribution >= 4 is 6.72 Å². The maximum atomic E-state index is 10.6. The van der Waals surface area contributed by atoms with Crippen molar-refractivity contribution in [2.24, 2.45) is 0 Å². The summed E-state index contributed by atoms with van der Waals surface area (Å²) >= 11 is 0. The Bertz CT molecular complexity index is 105. The van der Waals surface area contributed by atoms with Crippen LogP contribution in [0.2, 0.25) is 0 Å². The molecule has 0 aromatic heterocycles. The Hall–Kier alpha value is -0.530. The Labute approximate surface area is 55.8 Å². The fourth-order valence-corrected chi connectivity index (χ4v) is 1.37. The van der Waals surface area contributed by atoms with Gasteiger partial charge in [0.05, 0.1) is 0 Å². The van der Waals surface area contributed by atoms with Gasteiger partial charge in [-0.05, 0) is 12.8 Å². The minimum atomic E-state index is 0.221. The number of hydroxylamine groups is 1. The van der Waals surface area contributed by atoms with E-state index < -0.39 is 0 Å². The highest BCUT2D eigenvalue weighted by atomic mass is 16.5. The van der Waals surface area contributed by atoms with Crippen molar-refractivity contribution in [1.82, 2.24) is 0 Å². The highest BCUT2D eigenvalue weighted by Crippen LogP contribution is 2.18. The van der Waals surface area contributed by atoms with Gasteiger partial charge in [-0.2, -0.15) is 0 Å². The molecule has 0 aromatic carbocycles. The average Bonchev–Trinajstić information content (AvgIpc) is 1.90. The molecule has 2 heteroatoms. The van der Waals surface area contributed by atoms with Crippen molar-refractivity contribution in [3.05, 3.63) is 5.21 Å². The van der Waals surface area contributed by atoms with Crippen LogP contribution in [0.4, 0.5) is 0 Å². The van der Waals surface area contributed by atoms with E-state index >= 15 is 0 Å². The van der Waals surface area contributed by atoms with E-state index in [0.29, 0.717) is 0 Å². The van der Waals surface area contributed by atoms with Crippen LogP contribution in [0.15, 0.2) is 0 Å². The molecule has 0 unspecified atom stereocenters. The van der Waals surface area contributed by atoms with Crippen molar-refractivity contribution in [1.29, 1.82) is 0 Å². The van der Waals surface area contributed by atoms with Gasteiger partial charge in [0.1, 0.15) is 6.72 Å². The van der Waals surface area contributed by atoms with Crippen molar-refractivity contribution < 1.29 is 4.74 Å². The molecule has 1 aliphatic rings. The molecule has 52 valence electrons. The number of rotatable bonds is 1. The summed E-state index contributed by atoms with van der Waals surface area (Å²) in [4.78, 5) is 0. The Balaban J connectivity index is 2.31. The summed E-state index contributed by atoms with van der Waals surface area (Å²) in [6.45, 7) is 3.34.